The smallest absolute Gasteiger partial charge is 0.0725 e. The van der Waals surface area contributed by atoms with Crippen LogP contribution in [0.15, 0.2) is 121 Å². The van der Waals surface area contributed by atoms with Crippen molar-refractivity contribution in [3.63, 3.8) is 0 Å². The fourth-order valence-electron chi connectivity index (χ4n) is 6.88. The van der Waals surface area contributed by atoms with Gasteiger partial charge in [-0.2, -0.15) is 0 Å². The van der Waals surface area contributed by atoms with E-state index >= 15 is 0 Å². The van der Waals surface area contributed by atoms with E-state index in [4.69, 9.17) is 23.2 Å². The lowest BCUT2D eigenvalue weighted by Crippen LogP contribution is -2.25. The first kappa shape index (κ1) is 21.3. The van der Waals surface area contributed by atoms with Crippen LogP contribution in [0.2, 0.25) is 10.0 Å². The number of hydrogen-bond donors (Lipinski definition) is 0. The van der Waals surface area contributed by atoms with E-state index in [1.165, 1.54) is 55.3 Å². The van der Waals surface area contributed by atoms with E-state index in [0.29, 0.717) is 10.0 Å². The molecule has 8 rings (SSSR count). The first-order chi connectivity index (χ1) is 18.2. The van der Waals surface area contributed by atoms with Crippen LogP contribution in [-0.4, -0.2) is 0 Å². The van der Waals surface area contributed by atoms with Crippen molar-refractivity contribution in [3.8, 4) is 33.4 Å². The van der Waals surface area contributed by atoms with Gasteiger partial charge in [0.2, 0.25) is 0 Å². The lowest BCUT2D eigenvalue weighted by molar-refractivity contribution is 0.794. The quantitative estimate of drug-likeness (QED) is 0.206. The molecule has 0 atom stereocenters. The summed E-state index contributed by atoms with van der Waals surface area (Å²) in [5, 5.41) is 3.80. The first-order valence-electron chi connectivity index (χ1n) is 12.5. The molecule has 0 heterocycles. The van der Waals surface area contributed by atoms with Crippen molar-refractivity contribution >= 4 is 34.0 Å². The molecule has 0 fully saturated rings. The number of hydrogen-bond acceptors (Lipinski definition) is 0. The molecule has 6 aromatic carbocycles. The van der Waals surface area contributed by atoms with Crippen LogP contribution in [-0.2, 0) is 5.41 Å². The molecule has 0 unspecified atom stereocenters. The van der Waals surface area contributed by atoms with Gasteiger partial charge in [0, 0.05) is 15.6 Å². The largest absolute Gasteiger partial charge is 0.0843 e. The zero-order chi connectivity index (χ0) is 24.7. The Balaban J connectivity index is 1.61. The molecule has 2 aliphatic rings. The van der Waals surface area contributed by atoms with Crippen LogP contribution < -0.4 is 0 Å². The third kappa shape index (κ3) is 2.65. The minimum Gasteiger partial charge on any atom is -0.0843 e. The molecule has 0 nitrogen and oxygen atoms in total. The molecular weight excluding hydrogens is 491 g/mol. The molecular formula is C35H20Cl2. The van der Waals surface area contributed by atoms with Crippen LogP contribution in [0.5, 0.6) is 0 Å². The predicted octanol–water partition coefficient (Wildman–Crippen LogP) is 10.2. The molecule has 0 bridgehead atoms. The highest BCUT2D eigenvalue weighted by Crippen LogP contribution is 2.65. The average Bonchev–Trinajstić information content (AvgIpc) is 3.41. The predicted molar refractivity (Wildman–Crippen MR) is 156 cm³/mol. The Bertz CT molecular complexity index is 1870. The van der Waals surface area contributed by atoms with Gasteiger partial charge in [-0.05, 0) is 73.0 Å². The fourth-order valence-corrected chi connectivity index (χ4v) is 7.39. The van der Waals surface area contributed by atoms with Gasteiger partial charge in [0.1, 0.15) is 0 Å². The highest BCUT2D eigenvalue weighted by Gasteiger charge is 2.52. The summed E-state index contributed by atoms with van der Waals surface area (Å²) in [6, 6.07) is 43.6. The maximum Gasteiger partial charge on any atom is 0.0725 e. The maximum absolute atomic E-state index is 6.84. The minimum atomic E-state index is -0.392. The number of rotatable bonds is 1. The van der Waals surface area contributed by atoms with Crippen molar-refractivity contribution in [1.29, 1.82) is 0 Å². The van der Waals surface area contributed by atoms with E-state index in [2.05, 4.69) is 103 Å². The van der Waals surface area contributed by atoms with E-state index in [-0.39, 0.29) is 0 Å². The van der Waals surface area contributed by atoms with Gasteiger partial charge in [0.05, 0.1) is 5.41 Å². The SMILES string of the molecule is Clc1ccc(-c2cccc3c2-c2c(ccc4ccccc24)C32c3ccccc3-c3ccccc32)c(Cl)c1. The Morgan fingerprint density at radius 1 is 0.432 bits per heavy atom. The third-order valence-electron chi connectivity index (χ3n) is 8.23. The summed E-state index contributed by atoms with van der Waals surface area (Å²) in [4.78, 5) is 0. The first-order valence-corrected chi connectivity index (χ1v) is 13.3. The molecule has 0 amide bonds. The van der Waals surface area contributed by atoms with E-state index in [0.717, 1.165) is 11.1 Å². The Labute approximate surface area is 225 Å². The van der Waals surface area contributed by atoms with E-state index in [9.17, 15) is 0 Å². The van der Waals surface area contributed by atoms with Gasteiger partial charge < -0.3 is 0 Å². The minimum absolute atomic E-state index is 0.392. The van der Waals surface area contributed by atoms with E-state index in [1.54, 1.807) is 0 Å². The van der Waals surface area contributed by atoms with Crippen LogP contribution in [0.4, 0.5) is 0 Å². The Morgan fingerprint density at radius 3 is 1.81 bits per heavy atom. The molecule has 0 saturated heterocycles. The van der Waals surface area contributed by atoms with Crippen LogP contribution >= 0.6 is 23.2 Å². The second-order valence-corrected chi connectivity index (χ2v) is 10.7. The molecule has 6 aromatic rings. The van der Waals surface area contributed by atoms with Gasteiger partial charge in [-0.25, -0.2) is 0 Å². The van der Waals surface area contributed by atoms with Gasteiger partial charge in [0.25, 0.3) is 0 Å². The second kappa shape index (κ2) is 7.59. The summed E-state index contributed by atoms with van der Waals surface area (Å²) < 4.78 is 0. The molecule has 2 heteroatoms. The highest BCUT2D eigenvalue weighted by atomic mass is 35.5. The standard InChI is InChI=1S/C35H20Cl2/c36-22-17-18-26(32(37)20-22)27-12-7-15-30-34(27)33-23-9-2-1-8-21(23)16-19-31(33)35(30)28-13-5-3-10-24(28)25-11-4-6-14-29(25)35/h1-20H. The van der Waals surface area contributed by atoms with E-state index < -0.39 is 5.41 Å². The zero-order valence-electron chi connectivity index (χ0n) is 19.8. The van der Waals surface area contributed by atoms with Crippen LogP contribution in [0.1, 0.15) is 22.3 Å². The molecule has 37 heavy (non-hydrogen) atoms. The lowest BCUT2D eigenvalue weighted by atomic mass is 9.70. The summed E-state index contributed by atoms with van der Waals surface area (Å²) in [5.74, 6) is 0. The molecule has 0 saturated carbocycles. The summed E-state index contributed by atoms with van der Waals surface area (Å²) in [7, 11) is 0. The molecule has 1 spiro atoms. The number of fused-ring (bicyclic) bond motifs is 12. The highest BCUT2D eigenvalue weighted by molar-refractivity contribution is 6.36. The Kier molecular flexibility index (Phi) is 4.36. The molecule has 0 radical (unpaired) electrons. The van der Waals surface area contributed by atoms with Gasteiger partial charge in [-0.1, -0.05) is 132 Å². The van der Waals surface area contributed by atoms with Gasteiger partial charge in [-0.15, -0.1) is 0 Å². The molecule has 0 N–H and O–H groups in total. The van der Waals surface area contributed by atoms with Crippen LogP contribution in [0.3, 0.4) is 0 Å². The zero-order valence-corrected chi connectivity index (χ0v) is 21.3. The number of benzene rings is 6. The number of halogens is 2. The normalized spacial score (nSPS) is 13.9. The summed E-state index contributed by atoms with van der Waals surface area (Å²) in [6.45, 7) is 0. The van der Waals surface area contributed by atoms with Crippen LogP contribution in [0.25, 0.3) is 44.2 Å². The molecule has 0 aromatic heterocycles. The van der Waals surface area contributed by atoms with Crippen molar-refractivity contribution in [3.05, 3.63) is 154 Å². The van der Waals surface area contributed by atoms with Gasteiger partial charge >= 0.3 is 0 Å². The van der Waals surface area contributed by atoms with Crippen molar-refractivity contribution in [2.75, 3.05) is 0 Å². The Morgan fingerprint density at radius 2 is 1.05 bits per heavy atom. The summed E-state index contributed by atoms with van der Waals surface area (Å²) >= 11 is 13.1. The topological polar surface area (TPSA) is 0 Å². The van der Waals surface area contributed by atoms with Crippen LogP contribution in [0, 0.1) is 0 Å². The summed E-state index contributed by atoms with van der Waals surface area (Å²) in [5.41, 5.74) is 12.2. The maximum atomic E-state index is 6.84. The second-order valence-electron chi connectivity index (χ2n) is 9.90. The van der Waals surface area contributed by atoms with Crippen molar-refractivity contribution in [2.24, 2.45) is 0 Å². The molecule has 174 valence electrons. The molecule has 0 aliphatic heterocycles. The average molecular weight is 511 g/mol. The summed E-state index contributed by atoms with van der Waals surface area (Å²) in [6.07, 6.45) is 0. The lowest BCUT2D eigenvalue weighted by Gasteiger charge is -2.30. The Hall–Kier alpha value is -3.84. The van der Waals surface area contributed by atoms with Crippen molar-refractivity contribution in [1.82, 2.24) is 0 Å². The van der Waals surface area contributed by atoms with Crippen molar-refractivity contribution < 1.29 is 0 Å². The van der Waals surface area contributed by atoms with E-state index in [1.807, 2.05) is 18.2 Å². The molecule has 2 aliphatic carbocycles. The van der Waals surface area contributed by atoms with Crippen molar-refractivity contribution in [2.45, 2.75) is 5.41 Å². The monoisotopic (exact) mass is 510 g/mol. The van der Waals surface area contributed by atoms with Gasteiger partial charge in [0.15, 0.2) is 0 Å². The third-order valence-corrected chi connectivity index (χ3v) is 8.77. The van der Waals surface area contributed by atoms with Gasteiger partial charge in [-0.3, -0.25) is 0 Å². The fraction of sp³-hybridized carbons (Fsp3) is 0.0286.